The number of nitrogens with zero attached hydrogens (tertiary/aromatic N) is 1. The average Bonchev–Trinajstić information content (AvgIpc) is 2.99. The number of rotatable bonds is 4. The van der Waals surface area contributed by atoms with Gasteiger partial charge in [-0.05, 0) is 17.5 Å². The summed E-state index contributed by atoms with van der Waals surface area (Å²) >= 11 is 0. The molecule has 0 bridgehead atoms. The summed E-state index contributed by atoms with van der Waals surface area (Å²) in [4.78, 5) is 0. The Morgan fingerprint density at radius 2 is 2.29 bits per heavy atom. The lowest BCUT2D eigenvalue weighted by atomic mass is 10.1. The Hall–Kier alpha value is -1.81. The number of benzene rings is 1. The van der Waals surface area contributed by atoms with Gasteiger partial charge in [-0.3, -0.25) is 0 Å². The molecule has 4 heteroatoms. The van der Waals surface area contributed by atoms with Gasteiger partial charge >= 0.3 is 0 Å². The lowest BCUT2D eigenvalue weighted by Crippen LogP contribution is -2.13. The smallest absolute Gasteiger partial charge is 0.124 e. The molecular formula is C13H15N3O. The van der Waals surface area contributed by atoms with E-state index in [-0.39, 0.29) is 0 Å². The number of nitrogens with one attached hydrogen (secondary N) is 2. The van der Waals surface area contributed by atoms with E-state index in [1.165, 1.54) is 16.8 Å². The minimum atomic E-state index is 0.736. The first-order valence-corrected chi connectivity index (χ1v) is 5.88. The number of anilines is 1. The van der Waals surface area contributed by atoms with Gasteiger partial charge in [-0.15, -0.1) is 0 Å². The number of fused-ring (bicyclic) bond motifs is 1. The predicted octanol–water partition coefficient (Wildman–Crippen LogP) is 1.93. The van der Waals surface area contributed by atoms with Gasteiger partial charge in [0, 0.05) is 31.4 Å². The Balaban J connectivity index is 1.64. The summed E-state index contributed by atoms with van der Waals surface area (Å²) in [5, 5.41) is 10.7. The quantitative estimate of drug-likeness (QED) is 0.841. The third-order valence-electron chi connectivity index (χ3n) is 3.05. The molecule has 1 aromatic heterocycles. The second-order valence-electron chi connectivity index (χ2n) is 4.22. The molecule has 2 heterocycles. The van der Waals surface area contributed by atoms with Crippen LogP contribution in [-0.4, -0.2) is 11.7 Å². The fraction of sp³-hybridized carbons (Fsp3) is 0.308. The van der Waals surface area contributed by atoms with E-state index in [2.05, 4.69) is 34.0 Å². The molecule has 2 N–H and O–H groups in total. The molecule has 1 aliphatic heterocycles. The van der Waals surface area contributed by atoms with Gasteiger partial charge in [0.05, 0.1) is 5.69 Å². The minimum Gasteiger partial charge on any atom is -0.384 e. The van der Waals surface area contributed by atoms with Gasteiger partial charge < -0.3 is 15.2 Å². The molecule has 0 aliphatic carbocycles. The van der Waals surface area contributed by atoms with Crippen molar-refractivity contribution in [2.24, 2.45) is 0 Å². The molecule has 1 aromatic carbocycles. The highest BCUT2D eigenvalue weighted by molar-refractivity contribution is 5.61. The van der Waals surface area contributed by atoms with Crippen molar-refractivity contribution < 1.29 is 4.52 Å². The summed E-state index contributed by atoms with van der Waals surface area (Å²) in [7, 11) is 0. The van der Waals surface area contributed by atoms with Crippen molar-refractivity contribution in [1.29, 1.82) is 0 Å². The number of hydrogen-bond acceptors (Lipinski definition) is 4. The number of aromatic nitrogens is 1. The maximum Gasteiger partial charge on any atom is 0.124 e. The first-order chi connectivity index (χ1) is 8.43. The van der Waals surface area contributed by atoms with Gasteiger partial charge in [-0.1, -0.05) is 23.4 Å². The van der Waals surface area contributed by atoms with E-state index < -0.39 is 0 Å². The monoisotopic (exact) mass is 229 g/mol. The van der Waals surface area contributed by atoms with Crippen LogP contribution in [0.5, 0.6) is 0 Å². The number of para-hydroxylation sites is 1. The van der Waals surface area contributed by atoms with Gasteiger partial charge in [0.15, 0.2) is 0 Å². The SMILES string of the molecule is c1cc2c(c(CNCc3ccon3)c1)NCC2. The molecule has 1 aliphatic rings. The molecular weight excluding hydrogens is 214 g/mol. The fourth-order valence-corrected chi connectivity index (χ4v) is 2.21. The summed E-state index contributed by atoms with van der Waals surface area (Å²) in [5.41, 5.74) is 4.99. The highest BCUT2D eigenvalue weighted by Crippen LogP contribution is 2.26. The van der Waals surface area contributed by atoms with Crippen LogP contribution >= 0.6 is 0 Å². The molecule has 0 radical (unpaired) electrons. The molecule has 4 nitrogen and oxygen atoms in total. The van der Waals surface area contributed by atoms with Crippen LogP contribution in [-0.2, 0) is 19.5 Å². The highest BCUT2D eigenvalue weighted by Gasteiger charge is 2.12. The second-order valence-corrected chi connectivity index (χ2v) is 4.22. The Morgan fingerprint density at radius 1 is 1.29 bits per heavy atom. The molecule has 0 fully saturated rings. The maximum atomic E-state index is 4.79. The standard InChI is InChI=1S/C13H15N3O/c1-2-10-4-6-15-13(10)11(3-1)8-14-9-12-5-7-17-16-12/h1-3,5,7,14-15H,4,6,8-9H2. The zero-order valence-electron chi connectivity index (χ0n) is 9.57. The van der Waals surface area contributed by atoms with Crippen molar-refractivity contribution in [3.8, 4) is 0 Å². The Morgan fingerprint density at radius 3 is 3.18 bits per heavy atom. The normalized spacial score (nSPS) is 13.4. The van der Waals surface area contributed by atoms with Crippen LogP contribution in [0.3, 0.4) is 0 Å². The lowest BCUT2D eigenvalue weighted by molar-refractivity contribution is 0.408. The van der Waals surface area contributed by atoms with E-state index in [9.17, 15) is 0 Å². The summed E-state index contributed by atoms with van der Waals surface area (Å²) < 4.78 is 4.79. The van der Waals surface area contributed by atoms with Crippen molar-refractivity contribution in [2.75, 3.05) is 11.9 Å². The van der Waals surface area contributed by atoms with Gasteiger partial charge in [0.2, 0.25) is 0 Å². The molecule has 17 heavy (non-hydrogen) atoms. The molecule has 0 saturated heterocycles. The Kier molecular flexibility index (Phi) is 2.80. The Labute approximate surface area is 100 Å². The summed E-state index contributed by atoms with van der Waals surface area (Å²) in [5.74, 6) is 0. The van der Waals surface area contributed by atoms with Crippen molar-refractivity contribution in [2.45, 2.75) is 19.5 Å². The summed E-state index contributed by atoms with van der Waals surface area (Å²) in [6.07, 6.45) is 2.73. The highest BCUT2D eigenvalue weighted by atomic mass is 16.5. The van der Waals surface area contributed by atoms with Crippen molar-refractivity contribution in [1.82, 2.24) is 10.5 Å². The fourth-order valence-electron chi connectivity index (χ4n) is 2.21. The lowest BCUT2D eigenvalue weighted by Gasteiger charge is -2.09. The zero-order chi connectivity index (χ0) is 11.5. The van der Waals surface area contributed by atoms with Crippen molar-refractivity contribution in [3.63, 3.8) is 0 Å². The topological polar surface area (TPSA) is 50.1 Å². The van der Waals surface area contributed by atoms with Gasteiger partial charge in [-0.2, -0.15) is 0 Å². The summed E-state index contributed by atoms with van der Waals surface area (Å²) in [6, 6.07) is 8.35. The maximum absolute atomic E-state index is 4.79. The number of hydrogen-bond donors (Lipinski definition) is 2. The van der Waals surface area contributed by atoms with Crippen LogP contribution in [0.1, 0.15) is 16.8 Å². The molecule has 0 atom stereocenters. The van der Waals surface area contributed by atoms with Crippen molar-refractivity contribution >= 4 is 5.69 Å². The van der Waals surface area contributed by atoms with E-state index >= 15 is 0 Å². The predicted molar refractivity (Wildman–Crippen MR) is 65.7 cm³/mol. The van der Waals surface area contributed by atoms with Crippen LogP contribution in [0.2, 0.25) is 0 Å². The third kappa shape index (κ3) is 2.17. The molecule has 0 spiro atoms. The van der Waals surface area contributed by atoms with Crippen LogP contribution in [0.25, 0.3) is 0 Å². The zero-order valence-corrected chi connectivity index (χ0v) is 9.57. The van der Waals surface area contributed by atoms with Gasteiger partial charge in [-0.25, -0.2) is 0 Å². The second kappa shape index (κ2) is 4.59. The molecule has 2 aromatic rings. The molecule has 3 rings (SSSR count). The first-order valence-electron chi connectivity index (χ1n) is 5.88. The molecule has 0 unspecified atom stereocenters. The Bertz CT molecular complexity index is 493. The molecule has 0 amide bonds. The third-order valence-corrected chi connectivity index (χ3v) is 3.05. The van der Waals surface area contributed by atoms with E-state index in [4.69, 9.17) is 4.52 Å². The molecule has 88 valence electrons. The largest absolute Gasteiger partial charge is 0.384 e. The van der Waals surface area contributed by atoms with Gasteiger partial charge in [0.1, 0.15) is 6.26 Å². The minimum absolute atomic E-state index is 0.736. The van der Waals surface area contributed by atoms with E-state index in [0.717, 1.165) is 31.7 Å². The molecule has 0 saturated carbocycles. The van der Waals surface area contributed by atoms with Crippen LogP contribution in [0, 0.1) is 0 Å². The van der Waals surface area contributed by atoms with E-state index in [1.807, 2.05) is 6.07 Å². The van der Waals surface area contributed by atoms with Crippen LogP contribution < -0.4 is 10.6 Å². The van der Waals surface area contributed by atoms with E-state index in [0.29, 0.717) is 0 Å². The van der Waals surface area contributed by atoms with Gasteiger partial charge in [0.25, 0.3) is 0 Å². The van der Waals surface area contributed by atoms with Crippen molar-refractivity contribution in [3.05, 3.63) is 47.3 Å². The van der Waals surface area contributed by atoms with Crippen LogP contribution in [0.4, 0.5) is 5.69 Å². The van der Waals surface area contributed by atoms with E-state index in [1.54, 1.807) is 6.26 Å². The first kappa shape index (κ1) is 10.4. The van der Waals surface area contributed by atoms with Crippen LogP contribution in [0.15, 0.2) is 35.1 Å². The summed E-state index contributed by atoms with van der Waals surface area (Å²) in [6.45, 7) is 2.64. The average molecular weight is 229 g/mol.